The van der Waals surface area contributed by atoms with Crippen molar-refractivity contribution in [2.45, 2.75) is 96.0 Å². The minimum atomic E-state index is -0.182. The van der Waals surface area contributed by atoms with Gasteiger partial charge in [0.1, 0.15) is 0 Å². The lowest BCUT2D eigenvalue weighted by Crippen LogP contribution is -2.17. The van der Waals surface area contributed by atoms with E-state index in [1.807, 2.05) is 0 Å². The predicted molar refractivity (Wildman–Crippen MR) is 104 cm³/mol. The predicted octanol–water partition coefficient (Wildman–Crippen LogP) is 4.15. The summed E-state index contributed by atoms with van der Waals surface area (Å²) in [6, 6.07) is 0. The van der Waals surface area contributed by atoms with Crippen molar-refractivity contribution in [3.8, 4) is 0 Å². The molecule has 1 N–H and O–H groups in total. The van der Waals surface area contributed by atoms with Gasteiger partial charge in [-0.1, -0.05) is 25.7 Å². The van der Waals surface area contributed by atoms with Gasteiger partial charge in [0.15, 0.2) is 0 Å². The summed E-state index contributed by atoms with van der Waals surface area (Å²) in [5.74, 6) is 0.846. The molecule has 5 nitrogen and oxygen atoms in total. The van der Waals surface area contributed by atoms with Crippen molar-refractivity contribution in [3.63, 3.8) is 0 Å². The van der Waals surface area contributed by atoms with Crippen LogP contribution in [0.1, 0.15) is 89.9 Å². The first-order valence-corrected chi connectivity index (χ1v) is 11.5. The van der Waals surface area contributed by atoms with E-state index in [2.05, 4.69) is 0 Å². The van der Waals surface area contributed by atoms with Crippen molar-refractivity contribution >= 4 is 11.9 Å². The van der Waals surface area contributed by atoms with Crippen LogP contribution in [0.2, 0.25) is 0 Å². The van der Waals surface area contributed by atoms with Gasteiger partial charge in [-0.3, -0.25) is 9.59 Å². The maximum Gasteiger partial charge on any atom is 0.306 e. The fourth-order valence-electron chi connectivity index (χ4n) is 5.72. The normalized spacial score (nSPS) is 30.8. The van der Waals surface area contributed by atoms with Gasteiger partial charge in [0.05, 0.1) is 32.2 Å². The van der Waals surface area contributed by atoms with E-state index in [0.29, 0.717) is 48.7 Å². The fourth-order valence-corrected chi connectivity index (χ4v) is 5.72. The van der Waals surface area contributed by atoms with Crippen LogP contribution in [0.15, 0.2) is 0 Å². The molecule has 4 fully saturated rings. The SMILES string of the molecule is O=C1CC(C2(CCCCC(O)CCCCC3(C4COC(=O)C4)CC3)CC2)CO1. The van der Waals surface area contributed by atoms with E-state index in [0.717, 1.165) is 38.5 Å². The number of hydrogen-bond donors (Lipinski definition) is 1. The Balaban J connectivity index is 1.05. The van der Waals surface area contributed by atoms with Crippen LogP contribution in [0, 0.1) is 22.7 Å². The first kappa shape index (κ1) is 20.2. The number of rotatable bonds is 12. The molecule has 0 radical (unpaired) electrons. The third kappa shape index (κ3) is 4.72. The summed E-state index contributed by atoms with van der Waals surface area (Å²) >= 11 is 0. The van der Waals surface area contributed by atoms with Gasteiger partial charge in [-0.15, -0.1) is 0 Å². The lowest BCUT2D eigenvalue weighted by molar-refractivity contribution is -0.138. The summed E-state index contributed by atoms with van der Waals surface area (Å²) < 4.78 is 10.3. The minimum absolute atomic E-state index is 0.0215. The molecule has 0 aromatic carbocycles. The van der Waals surface area contributed by atoms with Crippen molar-refractivity contribution in [2.75, 3.05) is 13.2 Å². The average molecular weight is 393 g/mol. The van der Waals surface area contributed by atoms with Gasteiger partial charge in [0, 0.05) is 11.8 Å². The minimum Gasteiger partial charge on any atom is -0.465 e. The Labute approximate surface area is 168 Å². The zero-order valence-electron chi connectivity index (χ0n) is 17.1. The second-order valence-electron chi connectivity index (χ2n) is 10.0. The number of aliphatic hydroxyl groups excluding tert-OH is 1. The maximum absolute atomic E-state index is 11.4. The van der Waals surface area contributed by atoms with E-state index in [1.54, 1.807) is 0 Å². The van der Waals surface area contributed by atoms with Crippen molar-refractivity contribution in [1.29, 1.82) is 0 Å². The third-order valence-corrected chi connectivity index (χ3v) is 8.16. The standard InChI is InChI=1S/C23H36O5/c24-19(5-1-3-7-22(9-10-22)17-13-20(25)27-15-17)6-2-4-8-23(11-12-23)18-14-21(26)28-16-18/h17-19,24H,1-16H2. The highest BCUT2D eigenvalue weighted by Gasteiger charge is 2.52. The molecule has 5 heteroatoms. The highest BCUT2D eigenvalue weighted by molar-refractivity contribution is 5.72. The van der Waals surface area contributed by atoms with Crippen LogP contribution in [0.3, 0.4) is 0 Å². The molecule has 4 rings (SSSR count). The van der Waals surface area contributed by atoms with E-state index in [-0.39, 0.29) is 18.0 Å². The topological polar surface area (TPSA) is 72.8 Å². The number of aliphatic hydroxyl groups is 1. The fraction of sp³-hybridized carbons (Fsp3) is 0.913. The molecule has 0 spiro atoms. The molecule has 0 aromatic heterocycles. The summed E-state index contributed by atoms with van der Waals surface area (Å²) in [7, 11) is 0. The molecule has 4 aliphatic rings. The number of cyclic esters (lactones) is 2. The Kier molecular flexibility index (Phi) is 6.01. The number of unbranched alkanes of at least 4 members (excludes halogenated alkanes) is 2. The summed E-state index contributed by atoms with van der Waals surface area (Å²) in [4.78, 5) is 22.7. The molecule has 2 unspecified atom stereocenters. The maximum atomic E-state index is 11.4. The number of ether oxygens (including phenoxy) is 2. The smallest absolute Gasteiger partial charge is 0.306 e. The number of hydrogen-bond acceptors (Lipinski definition) is 5. The van der Waals surface area contributed by atoms with Crippen LogP contribution in [0.25, 0.3) is 0 Å². The Hall–Kier alpha value is -1.10. The largest absolute Gasteiger partial charge is 0.465 e. The van der Waals surface area contributed by atoms with Crippen molar-refractivity contribution in [2.24, 2.45) is 22.7 Å². The first-order chi connectivity index (χ1) is 13.5. The van der Waals surface area contributed by atoms with E-state index < -0.39 is 0 Å². The number of carbonyl (C=O) groups excluding carboxylic acids is 2. The van der Waals surface area contributed by atoms with Gasteiger partial charge in [-0.05, 0) is 62.2 Å². The van der Waals surface area contributed by atoms with Gasteiger partial charge in [-0.25, -0.2) is 0 Å². The van der Waals surface area contributed by atoms with Crippen LogP contribution < -0.4 is 0 Å². The van der Waals surface area contributed by atoms with E-state index >= 15 is 0 Å². The van der Waals surface area contributed by atoms with Crippen LogP contribution in [-0.2, 0) is 19.1 Å². The zero-order chi connectivity index (χ0) is 19.6. The van der Waals surface area contributed by atoms with Crippen LogP contribution in [0.4, 0.5) is 0 Å². The molecular formula is C23H36O5. The van der Waals surface area contributed by atoms with E-state index in [4.69, 9.17) is 9.47 Å². The van der Waals surface area contributed by atoms with Gasteiger partial charge in [0.25, 0.3) is 0 Å². The van der Waals surface area contributed by atoms with E-state index in [9.17, 15) is 14.7 Å². The molecule has 2 aliphatic carbocycles. The highest BCUT2D eigenvalue weighted by atomic mass is 16.5. The number of carbonyl (C=O) groups is 2. The van der Waals surface area contributed by atoms with Crippen molar-refractivity contribution < 1.29 is 24.2 Å². The first-order valence-electron chi connectivity index (χ1n) is 11.5. The number of esters is 2. The lowest BCUT2D eigenvalue weighted by atomic mass is 9.83. The average Bonchev–Trinajstić information content (AvgIpc) is 3.56. The van der Waals surface area contributed by atoms with Crippen LogP contribution in [-0.4, -0.2) is 36.4 Å². The second kappa shape index (κ2) is 8.33. The molecule has 0 amide bonds. The molecule has 2 saturated heterocycles. The molecule has 0 aromatic rings. The molecule has 2 heterocycles. The summed E-state index contributed by atoms with van der Waals surface area (Å²) in [6.45, 7) is 1.26. The van der Waals surface area contributed by atoms with Gasteiger partial charge >= 0.3 is 11.9 Å². The van der Waals surface area contributed by atoms with Crippen LogP contribution in [0.5, 0.6) is 0 Å². The summed E-state index contributed by atoms with van der Waals surface area (Å²) in [5.41, 5.74) is 0.752. The third-order valence-electron chi connectivity index (χ3n) is 8.16. The Morgan fingerprint density at radius 3 is 1.54 bits per heavy atom. The Bertz CT molecular complexity index is 528. The molecule has 2 aliphatic heterocycles. The molecule has 2 saturated carbocycles. The second-order valence-corrected chi connectivity index (χ2v) is 10.0. The Morgan fingerprint density at radius 2 is 1.21 bits per heavy atom. The van der Waals surface area contributed by atoms with Gasteiger partial charge in [0.2, 0.25) is 0 Å². The lowest BCUT2D eigenvalue weighted by Gasteiger charge is -2.21. The molecule has 2 atom stereocenters. The van der Waals surface area contributed by atoms with Crippen molar-refractivity contribution in [3.05, 3.63) is 0 Å². The monoisotopic (exact) mass is 392 g/mol. The van der Waals surface area contributed by atoms with Gasteiger partial charge in [-0.2, -0.15) is 0 Å². The molecule has 0 bridgehead atoms. The molecule has 28 heavy (non-hydrogen) atoms. The summed E-state index contributed by atoms with van der Waals surface area (Å²) in [6.07, 6.45) is 14.7. The van der Waals surface area contributed by atoms with Crippen molar-refractivity contribution in [1.82, 2.24) is 0 Å². The Morgan fingerprint density at radius 1 is 0.786 bits per heavy atom. The zero-order valence-corrected chi connectivity index (χ0v) is 17.1. The van der Waals surface area contributed by atoms with Crippen LogP contribution >= 0.6 is 0 Å². The quantitative estimate of drug-likeness (QED) is 0.399. The molecule has 158 valence electrons. The van der Waals surface area contributed by atoms with E-state index in [1.165, 1.54) is 38.5 Å². The highest BCUT2D eigenvalue weighted by Crippen LogP contribution is 2.59. The summed E-state index contributed by atoms with van der Waals surface area (Å²) in [5, 5.41) is 10.3. The molecular weight excluding hydrogens is 356 g/mol. The van der Waals surface area contributed by atoms with Gasteiger partial charge < -0.3 is 14.6 Å².